The van der Waals surface area contributed by atoms with Crippen molar-refractivity contribution in [2.75, 3.05) is 7.11 Å². The maximum Gasteiger partial charge on any atom is 0.296 e. The molecule has 1 aromatic heterocycles. The number of hydrogen-bond donors (Lipinski definition) is 1. The van der Waals surface area contributed by atoms with Crippen molar-refractivity contribution in [3.05, 3.63) is 58.5 Å². The molecule has 2 heterocycles. The van der Waals surface area contributed by atoms with Crippen LogP contribution in [-0.4, -0.2) is 34.8 Å². The number of nitrogens with zero attached hydrogens (tertiary/aromatic N) is 1. The second kappa shape index (κ2) is 7.36. The van der Waals surface area contributed by atoms with Crippen LogP contribution in [0.15, 0.2) is 46.6 Å². The lowest BCUT2D eigenvalue weighted by Crippen LogP contribution is -2.37. The molecule has 1 aromatic carbocycles. The highest BCUT2D eigenvalue weighted by Crippen LogP contribution is 2.44. The number of aliphatic hydroxyl groups is 1. The Bertz CT molecular complexity index is 944. The summed E-state index contributed by atoms with van der Waals surface area (Å²) in [7, 11) is 1.46. The van der Waals surface area contributed by atoms with Gasteiger partial charge >= 0.3 is 0 Å². The average molecular weight is 402 g/mol. The maximum absolute atomic E-state index is 13.0. The summed E-state index contributed by atoms with van der Waals surface area (Å²) in [5, 5.41) is 11.5. The second-order valence-corrected chi connectivity index (χ2v) is 7.44. The van der Waals surface area contributed by atoms with E-state index in [1.165, 1.54) is 19.4 Å². The Hall–Kier alpha value is -2.73. The summed E-state index contributed by atoms with van der Waals surface area (Å²) in [6.07, 6.45) is 5.14. The summed E-state index contributed by atoms with van der Waals surface area (Å²) in [6, 6.07) is 7.31. The van der Waals surface area contributed by atoms with Gasteiger partial charge in [-0.05, 0) is 43.2 Å². The molecule has 1 unspecified atom stereocenters. The predicted molar refractivity (Wildman–Crippen MR) is 103 cm³/mol. The predicted octanol–water partition coefficient (Wildman–Crippen LogP) is 4.31. The number of carbonyl (C=O) groups is 2. The van der Waals surface area contributed by atoms with Gasteiger partial charge < -0.3 is 19.2 Å². The number of furan rings is 1. The van der Waals surface area contributed by atoms with E-state index in [9.17, 15) is 14.7 Å². The van der Waals surface area contributed by atoms with Gasteiger partial charge in [0.05, 0.1) is 24.5 Å². The third-order valence-electron chi connectivity index (χ3n) is 5.43. The van der Waals surface area contributed by atoms with Gasteiger partial charge in [-0.1, -0.05) is 24.4 Å². The number of ether oxygens (including phenoxy) is 1. The zero-order valence-corrected chi connectivity index (χ0v) is 16.1. The fourth-order valence-corrected chi connectivity index (χ4v) is 4.32. The standard InChI is InChI=1S/C21H20ClNO5/c1-27-15-9-8-12(22)11-14(15)19(24)17-18(16-7-4-10-28-16)23(21(26)20(17)25)13-5-2-3-6-13/h4,7-11,13,18,24H,2-3,5-6H2,1H3/b19-17-. The summed E-state index contributed by atoms with van der Waals surface area (Å²) in [5.41, 5.74) is 0.253. The van der Waals surface area contributed by atoms with Gasteiger partial charge in [0, 0.05) is 11.1 Å². The number of ketones is 1. The normalized spacial score (nSPS) is 22.2. The molecule has 1 amide bonds. The third kappa shape index (κ3) is 2.98. The first-order valence-corrected chi connectivity index (χ1v) is 9.58. The second-order valence-electron chi connectivity index (χ2n) is 7.00. The van der Waals surface area contributed by atoms with Gasteiger partial charge in [0.2, 0.25) is 0 Å². The summed E-state index contributed by atoms with van der Waals surface area (Å²) < 4.78 is 10.9. The molecule has 1 N–H and O–H groups in total. The first-order chi connectivity index (χ1) is 13.5. The Morgan fingerprint density at radius 3 is 2.64 bits per heavy atom. The number of halogens is 1. The Kier molecular flexibility index (Phi) is 4.89. The minimum atomic E-state index is -0.776. The van der Waals surface area contributed by atoms with Crippen molar-refractivity contribution in [1.82, 2.24) is 4.90 Å². The number of likely N-dealkylation sites (tertiary alicyclic amines) is 1. The van der Waals surface area contributed by atoms with Gasteiger partial charge in [-0.2, -0.15) is 0 Å². The van der Waals surface area contributed by atoms with Crippen molar-refractivity contribution in [3.63, 3.8) is 0 Å². The minimum Gasteiger partial charge on any atom is -0.507 e. The first kappa shape index (κ1) is 18.6. The molecular weight excluding hydrogens is 382 g/mol. The Labute approximate surface area is 167 Å². The molecule has 2 fully saturated rings. The van der Waals surface area contributed by atoms with E-state index in [0.717, 1.165) is 25.7 Å². The van der Waals surface area contributed by atoms with Crippen molar-refractivity contribution < 1.29 is 23.8 Å². The molecule has 2 aromatic rings. The van der Waals surface area contributed by atoms with Crippen LogP contribution in [0.25, 0.3) is 5.76 Å². The molecule has 0 spiro atoms. The van der Waals surface area contributed by atoms with E-state index in [4.69, 9.17) is 20.8 Å². The highest BCUT2D eigenvalue weighted by atomic mass is 35.5. The van der Waals surface area contributed by atoms with E-state index < -0.39 is 17.7 Å². The lowest BCUT2D eigenvalue weighted by Gasteiger charge is -2.29. The zero-order chi connectivity index (χ0) is 19.8. The quantitative estimate of drug-likeness (QED) is 0.469. The average Bonchev–Trinajstić information content (AvgIpc) is 3.43. The van der Waals surface area contributed by atoms with Crippen LogP contribution in [0.5, 0.6) is 5.75 Å². The zero-order valence-electron chi connectivity index (χ0n) is 15.4. The highest BCUT2D eigenvalue weighted by Gasteiger charge is 2.50. The number of benzene rings is 1. The summed E-state index contributed by atoms with van der Waals surface area (Å²) in [5.74, 6) is -0.871. The molecule has 0 bridgehead atoms. The highest BCUT2D eigenvalue weighted by molar-refractivity contribution is 6.46. The van der Waals surface area contributed by atoms with E-state index in [-0.39, 0.29) is 22.9 Å². The van der Waals surface area contributed by atoms with E-state index in [0.29, 0.717) is 16.5 Å². The monoisotopic (exact) mass is 401 g/mol. The van der Waals surface area contributed by atoms with Gasteiger partial charge in [-0.3, -0.25) is 9.59 Å². The number of aliphatic hydroxyl groups excluding tert-OH is 1. The lowest BCUT2D eigenvalue weighted by atomic mass is 9.98. The van der Waals surface area contributed by atoms with Crippen molar-refractivity contribution in [1.29, 1.82) is 0 Å². The van der Waals surface area contributed by atoms with Crippen LogP contribution < -0.4 is 4.74 Å². The molecule has 28 heavy (non-hydrogen) atoms. The summed E-state index contributed by atoms with van der Waals surface area (Å²) in [6.45, 7) is 0. The Balaban J connectivity index is 1.91. The van der Waals surface area contributed by atoms with Crippen LogP contribution in [0.4, 0.5) is 0 Å². The third-order valence-corrected chi connectivity index (χ3v) is 5.66. The number of carbonyl (C=O) groups excluding carboxylic acids is 2. The summed E-state index contributed by atoms with van der Waals surface area (Å²) in [4.78, 5) is 27.4. The fraction of sp³-hybridized carbons (Fsp3) is 0.333. The molecule has 1 aliphatic carbocycles. The molecule has 1 saturated carbocycles. The topological polar surface area (TPSA) is 80.0 Å². The number of methoxy groups -OCH3 is 1. The molecule has 146 valence electrons. The lowest BCUT2D eigenvalue weighted by molar-refractivity contribution is -0.141. The molecular formula is C21H20ClNO5. The van der Waals surface area contributed by atoms with Gasteiger partial charge in [0.15, 0.2) is 0 Å². The molecule has 1 aliphatic heterocycles. The molecule has 6 nitrogen and oxygen atoms in total. The van der Waals surface area contributed by atoms with Gasteiger partial charge in [-0.25, -0.2) is 0 Å². The minimum absolute atomic E-state index is 0.00702. The molecule has 4 rings (SSSR count). The van der Waals surface area contributed by atoms with E-state index >= 15 is 0 Å². The molecule has 7 heteroatoms. The fourth-order valence-electron chi connectivity index (χ4n) is 4.15. The Morgan fingerprint density at radius 2 is 2.00 bits per heavy atom. The molecule has 1 saturated heterocycles. The van der Waals surface area contributed by atoms with Gasteiger partial charge in [0.25, 0.3) is 11.7 Å². The molecule has 2 aliphatic rings. The van der Waals surface area contributed by atoms with Gasteiger partial charge in [-0.15, -0.1) is 0 Å². The van der Waals surface area contributed by atoms with E-state index in [1.807, 2.05) is 0 Å². The van der Waals surface area contributed by atoms with Crippen LogP contribution in [0, 0.1) is 0 Å². The van der Waals surface area contributed by atoms with E-state index in [2.05, 4.69) is 0 Å². The van der Waals surface area contributed by atoms with Crippen molar-refractivity contribution >= 4 is 29.1 Å². The van der Waals surface area contributed by atoms with Crippen molar-refractivity contribution in [2.45, 2.75) is 37.8 Å². The molecule has 1 atom stereocenters. The number of rotatable bonds is 4. The van der Waals surface area contributed by atoms with E-state index in [1.54, 1.807) is 29.2 Å². The van der Waals surface area contributed by atoms with Crippen molar-refractivity contribution in [2.24, 2.45) is 0 Å². The van der Waals surface area contributed by atoms with Crippen LogP contribution in [0.2, 0.25) is 5.02 Å². The van der Waals surface area contributed by atoms with Crippen LogP contribution in [0.1, 0.15) is 43.0 Å². The maximum atomic E-state index is 13.0. The van der Waals surface area contributed by atoms with Gasteiger partial charge in [0.1, 0.15) is 23.3 Å². The first-order valence-electron chi connectivity index (χ1n) is 9.20. The number of Topliss-reactive ketones (excluding diaryl/α,β-unsaturated/α-hetero) is 1. The number of amides is 1. The Morgan fingerprint density at radius 1 is 1.25 bits per heavy atom. The van der Waals surface area contributed by atoms with Crippen LogP contribution >= 0.6 is 11.6 Å². The summed E-state index contributed by atoms with van der Waals surface area (Å²) >= 11 is 6.09. The van der Waals surface area contributed by atoms with Crippen molar-refractivity contribution in [3.8, 4) is 5.75 Å². The SMILES string of the molecule is COc1ccc(Cl)cc1/C(O)=C1/C(=O)C(=O)N(C2CCCC2)C1c1ccco1. The smallest absolute Gasteiger partial charge is 0.296 e. The number of hydrogen-bond acceptors (Lipinski definition) is 5. The molecule has 0 radical (unpaired) electrons. The van der Waals surface area contributed by atoms with Crippen LogP contribution in [-0.2, 0) is 9.59 Å². The largest absolute Gasteiger partial charge is 0.507 e. The van der Waals surface area contributed by atoms with Crippen LogP contribution in [0.3, 0.4) is 0 Å².